The van der Waals surface area contributed by atoms with Crippen molar-refractivity contribution in [2.45, 2.75) is 0 Å². The fraction of sp³-hybridized carbons (Fsp3) is 0.143. The average molecular weight is 378 g/mol. The minimum Gasteiger partial charge on any atom is -0.493 e. The summed E-state index contributed by atoms with van der Waals surface area (Å²) in [5.74, 6) is 0.0230. The van der Waals surface area contributed by atoms with Gasteiger partial charge in [-0.3, -0.25) is 0 Å². The predicted octanol–water partition coefficient (Wildman–Crippen LogP) is 3.04. The van der Waals surface area contributed by atoms with Crippen LogP contribution in [0.2, 0.25) is 0 Å². The van der Waals surface area contributed by atoms with Gasteiger partial charge in [0.15, 0.2) is 11.6 Å². The highest BCUT2D eigenvalue weighted by Crippen LogP contribution is 2.26. The molecular formula is C7H5FI2O. The highest BCUT2D eigenvalue weighted by molar-refractivity contribution is 14.1. The normalized spacial score (nSPS) is 9.82. The third kappa shape index (κ3) is 2.17. The molecule has 0 aromatic heterocycles. The minimum atomic E-state index is -0.302. The second-order valence-electron chi connectivity index (χ2n) is 1.90. The van der Waals surface area contributed by atoms with E-state index in [0.29, 0.717) is 5.75 Å². The van der Waals surface area contributed by atoms with Crippen LogP contribution < -0.4 is 4.74 Å². The number of hydrogen-bond donors (Lipinski definition) is 0. The van der Waals surface area contributed by atoms with Gasteiger partial charge >= 0.3 is 0 Å². The van der Waals surface area contributed by atoms with E-state index in [1.807, 2.05) is 28.7 Å². The topological polar surface area (TPSA) is 9.23 Å². The Bertz CT molecular complexity index is 252. The van der Waals surface area contributed by atoms with Crippen LogP contribution in [-0.4, -0.2) is 7.11 Å². The molecule has 0 atom stereocenters. The van der Waals surface area contributed by atoms with Crippen LogP contribution in [-0.2, 0) is 0 Å². The van der Waals surface area contributed by atoms with Gasteiger partial charge in [0.25, 0.3) is 0 Å². The van der Waals surface area contributed by atoms with Crippen LogP contribution in [0.5, 0.6) is 5.75 Å². The third-order valence-electron chi connectivity index (χ3n) is 1.17. The third-order valence-corrected chi connectivity index (χ3v) is 2.59. The Kier molecular flexibility index (Phi) is 3.35. The number of halogens is 3. The summed E-state index contributed by atoms with van der Waals surface area (Å²) in [5.41, 5.74) is 0. The van der Waals surface area contributed by atoms with Crippen LogP contribution in [0.15, 0.2) is 12.1 Å². The fourth-order valence-electron chi connectivity index (χ4n) is 0.724. The second-order valence-corrected chi connectivity index (χ2v) is 4.31. The van der Waals surface area contributed by atoms with E-state index in [1.165, 1.54) is 13.2 Å². The van der Waals surface area contributed by atoms with Crippen molar-refractivity contribution in [3.05, 3.63) is 25.1 Å². The standard InChI is InChI=1S/C7H5FI2O/c1-11-7-5(8)2-4(9)3-6(7)10/h2-3H,1H3. The first-order valence-electron chi connectivity index (χ1n) is 2.83. The summed E-state index contributed by atoms with van der Waals surface area (Å²) in [6, 6.07) is 3.31. The van der Waals surface area contributed by atoms with E-state index in [2.05, 4.69) is 22.6 Å². The van der Waals surface area contributed by atoms with Crippen molar-refractivity contribution < 1.29 is 9.13 Å². The van der Waals surface area contributed by atoms with Crippen molar-refractivity contribution in [1.82, 2.24) is 0 Å². The van der Waals surface area contributed by atoms with Crippen LogP contribution in [0.4, 0.5) is 4.39 Å². The quantitative estimate of drug-likeness (QED) is 0.683. The van der Waals surface area contributed by atoms with Crippen molar-refractivity contribution in [2.75, 3.05) is 7.11 Å². The molecule has 0 fully saturated rings. The summed E-state index contributed by atoms with van der Waals surface area (Å²) in [6.07, 6.45) is 0. The van der Waals surface area contributed by atoms with E-state index in [4.69, 9.17) is 4.74 Å². The van der Waals surface area contributed by atoms with Gasteiger partial charge in [0.05, 0.1) is 10.7 Å². The largest absolute Gasteiger partial charge is 0.493 e. The lowest BCUT2D eigenvalue weighted by Gasteiger charge is -2.04. The number of benzene rings is 1. The zero-order chi connectivity index (χ0) is 8.43. The van der Waals surface area contributed by atoms with E-state index in [0.717, 1.165) is 7.14 Å². The van der Waals surface area contributed by atoms with Gasteiger partial charge in [-0.15, -0.1) is 0 Å². The molecule has 0 aliphatic carbocycles. The minimum absolute atomic E-state index is 0.302. The van der Waals surface area contributed by atoms with Gasteiger partial charge < -0.3 is 4.74 Å². The summed E-state index contributed by atoms with van der Waals surface area (Å²) in [5, 5.41) is 0. The summed E-state index contributed by atoms with van der Waals surface area (Å²) in [4.78, 5) is 0. The first-order chi connectivity index (χ1) is 5.15. The van der Waals surface area contributed by atoms with Gasteiger partial charge in [0.2, 0.25) is 0 Å². The molecule has 0 N–H and O–H groups in total. The number of ether oxygens (including phenoxy) is 1. The van der Waals surface area contributed by atoms with Crippen LogP contribution in [0, 0.1) is 13.0 Å². The van der Waals surface area contributed by atoms with Crippen molar-refractivity contribution in [1.29, 1.82) is 0 Å². The first kappa shape index (κ1) is 9.50. The Morgan fingerprint density at radius 1 is 1.36 bits per heavy atom. The van der Waals surface area contributed by atoms with Crippen LogP contribution >= 0.6 is 45.2 Å². The Morgan fingerprint density at radius 3 is 2.45 bits per heavy atom. The molecule has 1 rings (SSSR count). The Labute approximate surface area is 91.6 Å². The molecule has 0 radical (unpaired) electrons. The second kappa shape index (κ2) is 3.88. The van der Waals surface area contributed by atoms with Crippen LogP contribution in [0.1, 0.15) is 0 Å². The van der Waals surface area contributed by atoms with Gasteiger partial charge in [-0.2, -0.15) is 0 Å². The van der Waals surface area contributed by atoms with Crippen molar-refractivity contribution >= 4 is 45.2 Å². The molecule has 0 heterocycles. The highest BCUT2D eigenvalue weighted by Gasteiger charge is 2.07. The van der Waals surface area contributed by atoms with Crippen molar-refractivity contribution in [3.8, 4) is 5.75 Å². The van der Waals surface area contributed by atoms with Crippen molar-refractivity contribution in [3.63, 3.8) is 0 Å². The molecule has 1 aromatic carbocycles. The maximum absolute atomic E-state index is 13.0. The van der Waals surface area contributed by atoms with Gasteiger partial charge in [-0.1, -0.05) is 0 Å². The zero-order valence-electron chi connectivity index (χ0n) is 5.70. The van der Waals surface area contributed by atoms with E-state index < -0.39 is 0 Å². The van der Waals surface area contributed by atoms with E-state index in [9.17, 15) is 4.39 Å². The molecule has 0 saturated carbocycles. The molecule has 0 spiro atoms. The SMILES string of the molecule is COc1c(F)cc(I)cc1I. The zero-order valence-corrected chi connectivity index (χ0v) is 10.0. The molecule has 60 valence electrons. The molecule has 0 unspecified atom stereocenters. The number of methoxy groups -OCH3 is 1. The van der Waals surface area contributed by atoms with Gasteiger partial charge in [0, 0.05) is 3.57 Å². The Hall–Kier alpha value is 0.410. The molecule has 0 amide bonds. The lowest BCUT2D eigenvalue weighted by molar-refractivity contribution is 0.383. The molecule has 0 aliphatic heterocycles. The highest BCUT2D eigenvalue weighted by atomic mass is 127. The monoisotopic (exact) mass is 378 g/mol. The molecule has 0 aliphatic rings. The van der Waals surface area contributed by atoms with Gasteiger partial charge in [-0.05, 0) is 57.3 Å². The predicted molar refractivity (Wildman–Crippen MR) is 58.4 cm³/mol. The maximum Gasteiger partial charge on any atom is 0.167 e. The molecule has 0 saturated heterocycles. The molecule has 11 heavy (non-hydrogen) atoms. The lowest BCUT2D eigenvalue weighted by atomic mass is 10.3. The van der Waals surface area contributed by atoms with E-state index in [-0.39, 0.29) is 5.82 Å². The Morgan fingerprint density at radius 2 is 2.00 bits per heavy atom. The molecule has 0 bridgehead atoms. The first-order valence-corrected chi connectivity index (χ1v) is 4.99. The van der Waals surface area contributed by atoms with E-state index in [1.54, 1.807) is 0 Å². The smallest absolute Gasteiger partial charge is 0.167 e. The maximum atomic E-state index is 13.0. The number of rotatable bonds is 1. The molecular weight excluding hydrogens is 373 g/mol. The lowest BCUT2D eigenvalue weighted by Crippen LogP contribution is -1.92. The van der Waals surface area contributed by atoms with E-state index >= 15 is 0 Å². The van der Waals surface area contributed by atoms with Gasteiger partial charge in [-0.25, -0.2) is 4.39 Å². The summed E-state index contributed by atoms with van der Waals surface area (Å²) in [7, 11) is 1.47. The Balaban J connectivity index is 3.25. The van der Waals surface area contributed by atoms with Crippen LogP contribution in [0.25, 0.3) is 0 Å². The summed E-state index contributed by atoms with van der Waals surface area (Å²) < 4.78 is 19.5. The molecule has 1 aromatic rings. The average Bonchev–Trinajstić information content (AvgIpc) is 1.85. The summed E-state index contributed by atoms with van der Waals surface area (Å²) in [6.45, 7) is 0. The number of hydrogen-bond acceptors (Lipinski definition) is 1. The van der Waals surface area contributed by atoms with Crippen molar-refractivity contribution in [2.24, 2.45) is 0 Å². The molecule has 1 nitrogen and oxygen atoms in total. The van der Waals surface area contributed by atoms with Crippen LogP contribution in [0.3, 0.4) is 0 Å². The van der Waals surface area contributed by atoms with Gasteiger partial charge in [0.1, 0.15) is 0 Å². The summed E-state index contributed by atoms with van der Waals surface area (Å²) >= 11 is 4.11. The fourth-order valence-corrected chi connectivity index (χ4v) is 2.72. The molecule has 4 heteroatoms.